The maximum absolute atomic E-state index is 11.0. The molecule has 0 fully saturated rings. The van der Waals surface area contributed by atoms with E-state index in [2.05, 4.69) is 94.1 Å². The molecule has 0 amide bonds. The van der Waals surface area contributed by atoms with Crippen LogP contribution < -0.4 is 41.9 Å². The minimum Gasteiger partial charge on any atom is -0.458 e. The zero-order valence-electron chi connectivity index (χ0n) is 41.2. The molecule has 14 rings (SSSR count). The van der Waals surface area contributed by atoms with Crippen molar-refractivity contribution in [2.75, 3.05) is 0 Å². The number of aromatic nitrogens is 5. The summed E-state index contributed by atoms with van der Waals surface area (Å²) < 4.78 is 43.6. The third-order valence-electron chi connectivity index (χ3n) is 14.1. The summed E-state index contributed by atoms with van der Waals surface area (Å²) in [6.45, 7) is -0.640. The highest BCUT2D eigenvalue weighted by Gasteiger charge is 2.43. The molecular weight excluding hydrogens is 882 g/mol. The van der Waals surface area contributed by atoms with Crippen molar-refractivity contribution >= 4 is 95.5 Å². The van der Waals surface area contributed by atoms with Crippen LogP contribution in [0.4, 0.5) is 0 Å². The Morgan fingerprint density at radius 3 is 1.15 bits per heavy atom. The lowest BCUT2D eigenvalue weighted by atomic mass is 9.36. The van der Waals surface area contributed by atoms with Crippen LogP contribution in [0.1, 0.15) is 4.11 Å². The van der Waals surface area contributed by atoms with E-state index in [4.69, 9.17) is 19.7 Å². The van der Waals surface area contributed by atoms with Crippen LogP contribution >= 0.6 is 0 Å². The van der Waals surface area contributed by atoms with Gasteiger partial charge in [0.25, 0.3) is 6.71 Å². The molecule has 71 heavy (non-hydrogen) atoms. The fourth-order valence-corrected chi connectivity index (χ4v) is 15.7. The van der Waals surface area contributed by atoms with Crippen LogP contribution in [-0.4, -0.2) is 38.9 Å². The normalized spacial score (nSPS) is 12.9. The van der Waals surface area contributed by atoms with Gasteiger partial charge in [-0.2, -0.15) is 15.0 Å². The molecule has 0 spiro atoms. The zero-order chi connectivity index (χ0) is 49.5. The number of fused-ring (bicyclic) bond motifs is 8. The van der Waals surface area contributed by atoms with Crippen LogP contribution in [0.3, 0.4) is 0 Å². The van der Waals surface area contributed by atoms with Crippen molar-refractivity contribution in [2.24, 2.45) is 0 Å². The molecule has 0 atom stereocenters. The van der Waals surface area contributed by atoms with Crippen LogP contribution in [0.25, 0.3) is 66.9 Å². The number of nitrogens with zero attached hydrogens (tertiary/aromatic N) is 5. The molecule has 8 heteroatoms. The van der Waals surface area contributed by atoms with Crippen LogP contribution in [0, 0.1) is 0 Å². The Balaban J connectivity index is 1.19. The minimum atomic E-state index is -3.70. The van der Waals surface area contributed by atoms with E-state index in [-0.39, 0.29) is 29.5 Å². The van der Waals surface area contributed by atoms with Crippen LogP contribution in [0.15, 0.2) is 255 Å². The van der Waals surface area contributed by atoms with Gasteiger partial charge in [-0.3, -0.25) is 9.13 Å². The summed E-state index contributed by atoms with van der Waals surface area (Å²) >= 11 is 0. The van der Waals surface area contributed by atoms with E-state index < -0.39 is 14.8 Å². The second kappa shape index (κ2) is 16.5. The van der Waals surface area contributed by atoms with Crippen molar-refractivity contribution in [3.63, 3.8) is 0 Å². The summed E-state index contributed by atoms with van der Waals surface area (Å²) in [4.78, 5) is 16.4. The lowest BCUT2D eigenvalue weighted by Crippen LogP contribution is -2.75. The molecule has 1 aliphatic rings. The first kappa shape index (κ1) is 37.8. The standard InChI is InChI=1S/C63H42BN5OSi/c1-4-22-45(23-5-1)71(46-24-6-2-7-25-46,47-26-8-3-9-27-47)48-41-43(40-44(42-48)64-53-32-14-20-38-59(53)70-60-39-21-15-33-54(60)64)61-65-62(68-55-34-16-10-28-49(55)50-29-11-17-35-56(50)68)67-63(66-61)69-57-36-18-12-30-51(57)52-31-13-19-37-58(52)69/h1-42H/i40D,41D,42D. The fourth-order valence-electron chi connectivity index (χ4n) is 11.1. The Hall–Kier alpha value is -9.11. The number of rotatable bonds is 8. The fraction of sp³-hybridized carbons (Fsp3) is 0. The Morgan fingerprint density at radius 1 is 0.366 bits per heavy atom. The van der Waals surface area contributed by atoms with Crippen molar-refractivity contribution < 1.29 is 8.85 Å². The Morgan fingerprint density at radius 2 is 0.732 bits per heavy atom. The van der Waals surface area contributed by atoms with Crippen LogP contribution in [0.2, 0.25) is 0 Å². The van der Waals surface area contributed by atoms with Gasteiger partial charge < -0.3 is 4.74 Å². The van der Waals surface area contributed by atoms with E-state index in [9.17, 15) is 4.11 Å². The van der Waals surface area contributed by atoms with Crippen molar-refractivity contribution in [3.8, 4) is 34.8 Å². The summed E-state index contributed by atoms with van der Waals surface area (Å²) in [7, 11) is -3.70. The SMILES string of the molecule is [2H]c1c(B2c3ccccc3Oc3ccccc32)c([2H])c([Si](c2ccccc2)(c2ccccc2)c2ccccc2)c([2H])c1-c1nc(-n2c3ccccc3c3ccccc32)nc(-n2c3ccccc3c3ccccc32)n1. The van der Waals surface area contributed by atoms with E-state index in [1.807, 2.05) is 152 Å². The molecule has 0 radical (unpaired) electrons. The molecule has 1 aliphatic heterocycles. The number of para-hydroxylation sites is 6. The van der Waals surface area contributed by atoms with Gasteiger partial charge in [-0.25, -0.2) is 0 Å². The van der Waals surface area contributed by atoms with E-state index in [0.717, 1.165) is 70.1 Å². The molecular formula is C63H42BN5OSi. The van der Waals surface area contributed by atoms with Crippen molar-refractivity contribution in [1.82, 2.24) is 24.1 Å². The maximum atomic E-state index is 11.0. The molecule has 13 aromatic rings. The second-order valence-electron chi connectivity index (χ2n) is 18.0. The Labute approximate surface area is 416 Å². The average Bonchev–Trinajstić information content (AvgIpc) is 3.99. The van der Waals surface area contributed by atoms with Gasteiger partial charge >= 0.3 is 0 Å². The molecule has 332 valence electrons. The topological polar surface area (TPSA) is 57.8 Å². The number of hydrogen-bond acceptors (Lipinski definition) is 4. The summed E-state index contributed by atoms with van der Waals surface area (Å²) in [5.41, 5.74) is 5.89. The van der Waals surface area contributed by atoms with E-state index >= 15 is 0 Å². The molecule has 0 N–H and O–H groups in total. The summed E-state index contributed by atoms with van der Waals surface area (Å²) in [5, 5.41) is 7.66. The van der Waals surface area contributed by atoms with Crippen LogP contribution in [-0.2, 0) is 0 Å². The Bertz CT molecular complexity index is 3980. The lowest BCUT2D eigenvalue weighted by Gasteiger charge is -2.35. The smallest absolute Gasteiger partial charge is 0.250 e. The molecule has 0 unspecified atom stereocenters. The van der Waals surface area contributed by atoms with Crippen molar-refractivity contribution in [1.29, 1.82) is 0 Å². The second-order valence-corrected chi connectivity index (χ2v) is 21.7. The van der Waals surface area contributed by atoms with Gasteiger partial charge in [0, 0.05) is 27.1 Å². The van der Waals surface area contributed by atoms with Crippen molar-refractivity contribution in [2.45, 2.75) is 0 Å². The molecule has 0 saturated carbocycles. The van der Waals surface area contributed by atoms with Gasteiger partial charge in [0.1, 0.15) is 11.5 Å². The van der Waals surface area contributed by atoms with Gasteiger partial charge in [-0.05, 0) is 68.1 Å². The monoisotopic (exact) mass is 926 g/mol. The van der Waals surface area contributed by atoms with E-state index in [1.165, 1.54) is 0 Å². The quantitative estimate of drug-likeness (QED) is 0.113. The average molecular weight is 927 g/mol. The summed E-state index contributed by atoms with van der Waals surface area (Å²) in [6, 6.07) is 80.1. The number of hydrogen-bond donors (Lipinski definition) is 0. The highest BCUT2D eigenvalue weighted by atomic mass is 28.3. The van der Waals surface area contributed by atoms with Gasteiger partial charge in [-0.15, -0.1) is 0 Å². The Kier molecular flexibility index (Phi) is 8.82. The van der Waals surface area contributed by atoms with Crippen LogP contribution in [0.5, 0.6) is 11.5 Å². The zero-order valence-corrected chi connectivity index (χ0v) is 39.2. The molecule has 3 aromatic heterocycles. The van der Waals surface area contributed by atoms with E-state index in [1.54, 1.807) is 0 Å². The molecule has 4 heterocycles. The number of benzene rings is 10. The lowest BCUT2D eigenvalue weighted by molar-refractivity contribution is 0.487. The van der Waals surface area contributed by atoms with Gasteiger partial charge in [0.15, 0.2) is 13.9 Å². The molecule has 0 saturated heterocycles. The highest BCUT2D eigenvalue weighted by molar-refractivity contribution is 7.20. The highest BCUT2D eigenvalue weighted by Crippen LogP contribution is 2.35. The largest absolute Gasteiger partial charge is 0.458 e. The van der Waals surface area contributed by atoms with Gasteiger partial charge in [-0.1, -0.05) is 224 Å². The van der Waals surface area contributed by atoms with Gasteiger partial charge in [0.2, 0.25) is 11.9 Å². The van der Waals surface area contributed by atoms with E-state index in [0.29, 0.717) is 34.0 Å². The molecule has 6 nitrogen and oxygen atoms in total. The number of ether oxygens (including phenoxy) is 1. The first-order valence-corrected chi connectivity index (χ1v) is 25.9. The first-order valence-electron chi connectivity index (χ1n) is 25.4. The third kappa shape index (κ3) is 6.45. The summed E-state index contributed by atoms with van der Waals surface area (Å²) in [5.74, 6) is 2.11. The molecule has 0 bridgehead atoms. The van der Waals surface area contributed by atoms with Gasteiger partial charge in [0.05, 0.1) is 26.2 Å². The minimum absolute atomic E-state index is 0.00937. The molecule has 10 aromatic carbocycles. The third-order valence-corrected chi connectivity index (χ3v) is 18.7. The first-order chi connectivity index (χ1) is 36.5. The predicted molar refractivity (Wildman–Crippen MR) is 295 cm³/mol. The summed E-state index contributed by atoms with van der Waals surface area (Å²) in [6.07, 6.45) is 0. The predicted octanol–water partition coefficient (Wildman–Crippen LogP) is 9.73. The molecule has 0 aliphatic carbocycles. The maximum Gasteiger partial charge on any atom is 0.250 e. The van der Waals surface area contributed by atoms with Crippen molar-refractivity contribution in [3.05, 3.63) is 255 Å².